The molecule has 25 heavy (non-hydrogen) atoms. The van der Waals surface area contributed by atoms with Crippen molar-refractivity contribution in [3.8, 4) is 0 Å². The van der Waals surface area contributed by atoms with Crippen LogP contribution in [0.4, 0.5) is 0 Å². The maximum absolute atomic E-state index is 11.7. The Labute approximate surface area is 153 Å². The Hall–Kier alpha value is -1.38. The molecular weight excluding hydrogens is 312 g/mol. The first-order valence-electron chi connectivity index (χ1n) is 10.1. The molecule has 2 unspecified atom stereocenters. The average Bonchev–Trinajstić information content (AvgIpc) is 3.35. The minimum atomic E-state index is -0.123. The van der Waals surface area contributed by atoms with Crippen LogP contribution in [-0.2, 0) is 14.3 Å². The predicted molar refractivity (Wildman–Crippen MR) is 103 cm³/mol. The largest absolute Gasteiger partial charge is 0.469 e. The molecule has 0 saturated heterocycles. The van der Waals surface area contributed by atoms with Crippen LogP contribution in [0.5, 0.6) is 0 Å². The predicted octanol–water partition coefficient (Wildman–Crippen LogP) is 5.79. The zero-order chi connectivity index (χ0) is 18.3. The van der Waals surface area contributed by atoms with Crippen LogP contribution in [0.1, 0.15) is 84.0 Å². The van der Waals surface area contributed by atoms with Crippen LogP contribution in [0.3, 0.4) is 0 Å². The standard InChI is InChI=1S/C22H36O3/c1-3-4-5-10-15-21(23)16-12-14-20-18-19(20)13-9-7-6-8-11-17-22(24)25-2/h6-7,12,16,19-20H,3-5,8-11,13-15,17-18H2,1-2H3/b7-6+,16-12+. The highest BCUT2D eigenvalue weighted by Crippen LogP contribution is 2.44. The normalized spacial score (nSPS) is 19.6. The lowest BCUT2D eigenvalue weighted by Gasteiger charge is -1.97. The van der Waals surface area contributed by atoms with Crippen molar-refractivity contribution in [2.24, 2.45) is 11.8 Å². The Morgan fingerprint density at radius 2 is 1.76 bits per heavy atom. The van der Waals surface area contributed by atoms with Crippen molar-refractivity contribution in [3.63, 3.8) is 0 Å². The van der Waals surface area contributed by atoms with Gasteiger partial charge in [0.2, 0.25) is 0 Å². The number of methoxy groups -OCH3 is 1. The van der Waals surface area contributed by atoms with E-state index in [0.717, 1.165) is 43.9 Å². The monoisotopic (exact) mass is 348 g/mol. The van der Waals surface area contributed by atoms with E-state index in [0.29, 0.717) is 18.6 Å². The highest BCUT2D eigenvalue weighted by atomic mass is 16.5. The fourth-order valence-corrected chi connectivity index (χ4v) is 3.15. The average molecular weight is 349 g/mol. The van der Waals surface area contributed by atoms with Gasteiger partial charge in [0.1, 0.15) is 0 Å². The molecule has 1 saturated carbocycles. The number of unbranched alkanes of at least 4 members (excludes halogenated alkanes) is 4. The van der Waals surface area contributed by atoms with E-state index in [9.17, 15) is 9.59 Å². The number of rotatable bonds is 15. The zero-order valence-corrected chi connectivity index (χ0v) is 16.2. The summed E-state index contributed by atoms with van der Waals surface area (Å²) in [5.74, 6) is 1.80. The van der Waals surface area contributed by atoms with Gasteiger partial charge in [-0.2, -0.15) is 0 Å². The molecule has 142 valence electrons. The Kier molecular flexibility index (Phi) is 12.0. The van der Waals surface area contributed by atoms with Gasteiger partial charge in [-0.1, -0.05) is 44.4 Å². The number of ketones is 1. The van der Waals surface area contributed by atoms with Crippen molar-refractivity contribution < 1.29 is 14.3 Å². The number of hydrogen-bond donors (Lipinski definition) is 0. The van der Waals surface area contributed by atoms with Gasteiger partial charge in [-0.05, 0) is 62.9 Å². The van der Waals surface area contributed by atoms with Crippen LogP contribution in [-0.4, -0.2) is 18.9 Å². The third kappa shape index (κ3) is 11.7. The molecule has 3 heteroatoms. The third-order valence-electron chi connectivity index (χ3n) is 4.94. The SMILES string of the molecule is CCCCCCC(=O)/C=C/CC1CC1CC/C=C/CCCC(=O)OC. The van der Waals surface area contributed by atoms with Gasteiger partial charge in [0.05, 0.1) is 7.11 Å². The lowest BCUT2D eigenvalue weighted by molar-refractivity contribution is -0.140. The minimum Gasteiger partial charge on any atom is -0.469 e. The van der Waals surface area contributed by atoms with Crippen molar-refractivity contribution in [2.75, 3.05) is 7.11 Å². The summed E-state index contributed by atoms with van der Waals surface area (Å²) in [6, 6.07) is 0. The summed E-state index contributed by atoms with van der Waals surface area (Å²) in [4.78, 5) is 22.7. The van der Waals surface area contributed by atoms with Crippen molar-refractivity contribution in [1.82, 2.24) is 0 Å². The summed E-state index contributed by atoms with van der Waals surface area (Å²) >= 11 is 0. The quantitative estimate of drug-likeness (QED) is 0.163. The first-order chi connectivity index (χ1) is 12.2. The molecule has 0 aromatic carbocycles. The highest BCUT2D eigenvalue weighted by Gasteiger charge is 2.34. The number of ether oxygens (including phenoxy) is 1. The molecule has 0 aromatic heterocycles. The van der Waals surface area contributed by atoms with Crippen molar-refractivity contribution in [1.29, 1.82) is 0 Å². The number of hydrogen-bond acceptors (Lipinski definition) is 3. The lowest BCUT2D eigenvalue weighted by atomic mass is 10.1. The maximum Gasteiger partial charge on any atom is 0.305 e. The molecule has 0 N–H and O–H groups in total. The van der Waals surface area contributed by atoms with Crippen LogP contribution in [0.15, 0.2) is 24.3 Å². The van der Waals surface area contributed by atoms with Crippen LogP contribution >= 0.6 is 0 Å². The van der Waals surface area contributed by atoms with Crippen LogP contribution in [0, 0.1) is 11.8 Å². The third-order valence-corrected chi connectivity index (χ3v) is 4.94. The van der Waals surface area contributed by atoms with Gasteiger partial charge < -0.3 is 4.74 Å². The van der Waals surface area contributed by atoms with Crippen LogP contribution in [0.25, 0.3) is 0 Å². The smallest absolute Gasteiger partial charge is 0.305 e. The molecule has 1 fully saturated rings. The van der Waals surface area contributed by atoms with Crippen LogP contribution < -0.4 is 0 Å². The highest BCUT2D eigenvalue weighted by molar-refractivity contribution is 5.89. The molecule has 1 rings (SSSR count). The molecular formula is C22H36O3. The van der Waals surface area contributed by atoms with E-state index in [1.165, 1.54) is 39.2 Å². The molecule has 1 aliphatic carbocycles. The summed E-state index contributed by atoms with van der Waals surface area (Å²) in [7, 11) is 1.43. The van der Waals surface area contributed by atoms with E-state index in [2.05, 4.69) is 29.9 Å². The summed E-state index contributed by atoms with van der Waals surface area (Å²) in [6.45, 7) is 2.19. The molecule has 0 radical (unpaired) electrons. The zero-order valence-electron chi connectivity index (χ0n) is 16.2. The van der Waals surface area contributed by atoms with Gasteiger partial charge in [0, 0.05) is 12.8 Å². The first-order valence-corrected chi connectivity index (χ1v) is 10.1. The summed E-state index contributed by atoms with van der Waals surface area (Å²) in [6.07, 6.45) is 20.8. The fourth-order valence-electron chi connectivity index (χ4n) is 3.15. The summed E-state index contributed by atoms with van der Waals surface area (Å²) < 4.78 is 4.62. The van der Waals surface area contributed by atoms with Crippen molar-refractivity contribution in [2.45, 2.75) is 84.0 Å². The molecule has 0 bridgehead atoms. The van der Waals surface area contributed by atoms with E-state index >= 15 is 0 Å². The maximum atomic E-state index is 11.7. The number of carbonyl (C=O) groups is 2. The van der Waals surface area contributed by atoms with Gasteiger partial charge in [0.25, 0.3) is 0 Å². The molecule has 0 amide bonds. The first kappa shape index (κ1) is 21.7. The van der Waals surface area contributed by atoms with Crippen LogP contribution in [0.2, 0.25) is 0 Å². The minimum absolute atomic E-state index is 0.123. The molecule has 0 aromatic rings. The van der Waals surface area contributed by atoms with Crippen molar-refractivity contribution in [3.05, 3.63) is 24.3 Å². The van der Waals surface area contributed by atoms with Gasteiger partial charge in [-0.15, -0.1) is 0 Å². The van der Waals surface area contributed by atoms with E-state index in [1.54, 1.807) is 0 Å². The second-order valence-electron chi connectivity index (χ2n) is 7.19. The molecule has 0 aliphatic heterocycles. The number of carbonyl (C=O) groups excluding carboxylic acids is 2. The van der Waals surface area contributed by atoms with Gasteiger partial charge in [-0.25, -0.2) is 0 Å². The molecule has 0 spiro atoms. The molecule has 1 aliphatic rings. The van der Waals surface area contributed by atoms with Gasteiger partial charge >= 0.3 is 5.97 Å². The Morgan fingerprint density at radius 3 is 2.52 bits per heavy atom. The van der Waals surface area contributed by atoms with Gasteiger partial charge in [0.15, 0.2) is 5.78 Å². The Bertz CT molecular complexity index is 437. The van der Waals surface area contributed by atoms with Crippen molar-refractivity contribution >= 4 is 11.8 Å². The molecule has 2 atom stereocenters. The Balaban J connectivity index is 1.96. The summed E-state index contributed by atoms with van der Waals surface area (Å²) in [5, 5.41) is 0. The Morgan fingerprint density at radius 1 is 0.960 bits per heavy atom. The molecule has 0 heterocycles. The lowest BCUT2D eigenvalue weighted by Crippen LogP contribution is -1.98. The summed E-state index contributed by atoms with van der Waals surface area (Å²) in [5.41, 5.74) is 0. The second kappa shape index (κ2) is 13.9. The second-order valence-corrected chi connectivity index (χ2v) is 7.19. The van der Waals surface area contributed by atoms with E-state index in [4.69, 9.17) is 0 Å². The topological polar surface area (TPSA) is 43.4 Å². The number of allylic oxidation sites excluding steroid dienone is 4. The van der Waals surface area contributed by atoms with E-state index in [1.807, 2.05) is 6.08 Å². The molecule has 3 nitrogen and oxygen atoms in total. The van der Waals surface area contributed by atoms with Gasteiger partial charge in [-0.3, -0.25) is 9.59 Å². The van der Waals surface area contributed by atoms with E-state index < -0.39 is 0 Å². The fraction of sp³-hybridized carbons (Fsp3) is 0.727. The van der Waals surface area contributed by atoms with E-state index in [-0.39, 0.29) is 5.97 Å². The number of esters is 1.